The van der Waals surface area contributed by atoms with Crippen molar-refractivity contribution >= 4 is 0 Å². The van der Waals surface area contributed by atoms with Crippen LogP contribution in [0.1, 0.15) is 0 Å². The lowest BCUT2D eigenvalue weighted by molar-refractivity contribution is 0.790. The first kappa shape index (κ1) is 9.52. The van der Waals surface area contributed by atoms with E-state index in [2.05, 4.69) is 25.5 Å². The number of hydrogen-bond donors (Lipinski definition) is 2. The van der Waals surface area contributed by atoms with E-state index in [1.54, 1.807) is 10.9 Å². The van der Waals surface area contributed by atoms with E-state index in [-0.39, 0.29) is 5.69 Å². The predicted molar refractivity (Wildman–Crippen MR) is 59.6 cm³/mol. The summed E-state index contributed by atoms with van der Waals surface area (Å²) in [4.78, 5) is 16.4. The summed E-state index contributed by atoms with van der Waals surface area (Å²) in [5, 5.41) is 11.0. The minimum atomic E-state index is -0.244. The highest BCUT2D eigenvalue weighted by atomic mass is 16.1. The summed E-state index contributed by atoms with van der Waals surface area (Å²) in [6.45, 7) is 0. The van der Waals surface area contributed by atoms with Gasteiger partial charge in [0.2, 0.25) is 0 Å². The number of benzene rings is 1. The number of aromatic nitrogens is 6. The molecule has 0 spiro atoms. The van der Waals surface area contributed by atoms with E-state index in [1.165, 1.54) is 6.33 Å². The second kappa shape index (κ2) is 3.71. The number of nitrogens with zero attached hydrogens (tertiary/aromatic N) is 4. The van der Waals surface area contributed by atoms with E-state index < -0.39 is 0 Å². The lowest BCUT2D eigenvalue weighted by Crippen LogP contribution is -2.01. The Kier molecular flexibility index (Phi) is 2.08. The third-order valence-electron chi connectivity index (χ3n) is 2.39. The molecule has 0 atom stereocenters. The van der Waals surface area contributed by atoms with Crippen molar-refractivity contribution in [1.29, 1.82) is 0 Å². The number of aromatic amines is 2. The first-order valence-electron chi connectivity index (χ1n) is 4.95. The molecule has 2 aromatic heterocycles. The molecule has 3 rings (SSSR count). The minimum Gasteiger partial charge on any atom is -0.312 e. The van der Waals surface area contributed by atoms with E-state index in [0.717, 1.165) is 11.3 Å². The van der Waals surface area contributed by atoms with E-state index in [9.17, 15) is 4.79 Å². The first-order valence-corrected chi connectivity index (χ1v) is 4.95. The third-order valence-corrected chi connectivity index (χ3v) is 2.39. The highest BCUT2D eigenvalue weighted by Crippen LogP contribution is 2.22. The summed E-state index contributed by atoms with van der Waals surface area (Å²) in [7, 11) is 0. The van der Waals surface area contributed by atoms with Crippen molar-refractivity contribution in [3.05, 3.63) is 47.3 Å². The fraction of sp³-hybridized carbons (Fsp3) is 0. The summed E-state index contributed by atoms with van der Waals surface area (Å²) in [6, 6.07) is 7.52. The molecule has 0 fully saturated rings. The third kappa shape index (κ3) is 1.63. The standard InChI is InChI=1S/C10H8N6O/c17-10-11-5-8(13-10)7-3-1-2-4-9(7)16-6-12-14-15-16/h1-6H,(H2,11,13,17). The monoisotopic (exact) mass is 228 g/mol. The maximum Gasteiger partial charge on any atom is 0.323 e. The lowest BCUT2D eigenvalue weighted by Gasteiger charge is -2.05. The van der Waals surface area contributed by atoms with Crippen LogP contribution < -0.4 is 5.69 Å². The van der Waals surface area contributed by atoms with Gasteiger partial charge < -0.3 is 9.97 Å². The molecular formula is C10H8N6O. The highest BCUT2D eigenvalue weighted by Gasteiger charge is 2.08. The second-order valence-electron chi connectivity index (χ2n) is 3.43. The summed E-state index contributed by atoms with van der Waals surface area (Å²) in [5.41, 5.74) is 2.10. The molecular weight excluding hydrogens is 220 g/mol. The van der Waals surface area contributed by atoms with Crippen LogP contribution in [0.3, 0.4) is 0 Å². The van der Waals surface area contributed by atoms with Crippen molar-refractivity contribution in [3.8, 4) is 16.9 Å². The molecule has 2 N–H and O–H groups in total. The van der Waals surface area contributed by atoms with Gasteiger partial charge in [-0.1, -0.05) is 18.2 Å². The molecule has 84 valence electrons. The maximum absolute atomic E-state index is 11.1. The second-order valence-corrected chi connectivity index (χ2v) is 3.43. The normalized spacial score (nSPS) is 10.6. The zero-order valence-corrected chi connectivity index (χ0v) is 8.66. The molecule has 17 heavy (non-hydrogen) atoms. The van der Waals surface area contributed by atoms with Crippen molar-refractivity contribution < 1.29 is 0 Å². The Morgan fingerprint density at radius 2 is 2.12 bits per heavy atom. The summed E-state index contributed by atoms with van der Waals surface area (Å²) >= 11 is 0. The van der Waals surface area contributed by atoms with Crippen LogP contribution in [0.25, 0.3) is 16.9 Å². The first-order chi connectivity index (χ1) is 8.34. The van der Waals surface area contributed by atoms with Gasteiger partial charge >= 0.3 is 5.69 Å². The van der Waals surface area contributed by atoms with Crippen LogP contribution in [0.15, 0.2) is 41.6 Å². The Morgan fingerprint density at radius 1 is 1.24 bits per heavy atom. The van der Waals surface area contributed by atoms with Crippen LogP contribution in [0.4, 0.5) is 0 Å². The summed E-state index contributed by atoms with van der Waals surface area (Å²) in [6.07, 6.45) is 3.12. The fourth-order valence-electron chi connectivity index (χ4n) is 1.65. The SMILES string of the molecule is O=c1[nH]cc(-c2ccccc2-n2cnnn2)[nH]1. The van der Waals surface area contributed by atoms with Crippen LogP contribution in [0, 0.1) is 0 Å². The molecule has 0 unspecified atom stereocenters. The number of tetrazole rings is 1. The Bertz CT molecular complexity index is 681. The van der Waals surface area contributed by atoms with Crippen LogP contribution in [-0.2, 0) is 0 Å². The Morgan fingerprint density at radius 3 is 2.82 bits per heavy atom. The number of hydrogen-bond acceptors (Lipinski definition) is 4. The quantitative estimate of drug-likeness (QED) is 0.661. The molecule has 0 aliphatic heterocycles. The number of nitrogens with one attached hydrogen (secondary N) is 2. The van der Waals surface area contributed by atoms with E-state index in [0.29, 0.717) is 5.69 Å². The van der Waals surface area contributed by atoms with Crippen LogP contribution in [-0.4, -0.2) is 30.2 Å². The average molecular weight is 228 g/mol. The Balaban J connectivity index is 2.21. The van der Waals surface area contributed by atoms with E-state index in [4.69, 9.17) is 0 Å². The molecule has 7 nitrogen and oxygen atoms in total. The molecule has 3 aromatic rings. The Hall–Kier alpha value is -2.70. The molecule has 0 saturated heterocycles. The molecule has 0 bridgehead atoms. The molecule has 0 radical (unpaired) electrons. The minimum absolute atomic E-state index is 0.244. The van der Waals surface area contributed by atoms with Gasteiger partial charge in [-0.25, -0.2) is 4.79 Å². The zero-order chi connectivity index (χ0) is 11.7. The number of para-hydroxylation sites is 1. The molecule has 0 aliphatic rings. The predicted octanol–water partition coefficient (Wildman–Crippen LogP) is 0.346. The summed E-state index contributed by atoms with van der Waals surface area (Å²) in [5.74, 6) is 0. The molecule has 2 heterocycles. The largest absolute Gasteiger partial charge is 0.323 e. The van der Waals surface area contributed by atoms with Crippen LogP contribution in [0.2, 0.25) is 0 Å². The molecule has 1 aromatic carbocycles. The topological polar surface area (TPSA) is 92.2 Å². The van der Waals surface area contributed by atoms with Gasteiger partial charge in [-0.15, -0.1) is 5.10 Å². The highest BCUT2D eigenvalue weighted by molar-refractivity contribution is 5.69. The van der Waals surface area contributed by atoms with Gasteiger partial charge in [0, 0.05) is 11.8 Å². The van der Waals surface area contributed by atoms with Gasteiger partial charge in [-0.3, -0.25) is 0 Å². The maximum atomic E-state index is 11.1. The van der Waals surface area contributed by atoms with Gasteiger partial charge in [-0.05, 0) is 16.5 Å². The van der Waals surface area contributed by atoms with E-state index >= 15 is 0 Å². The van der Waals surface area contributed by atoms with Crippen molar-refractivity contribution in [3.63, 3.8) is 0 Å². The molecule has 0 amide bonds. The van der Waals surface area contributed by atoms with Gasteiger partial charge in [0.25, 0.3) is 0 Å². The number of H-pyrrole nitrogens is 2. The lowest BCUT2D eigenvalue weighted by atomic mass is 10.1. The Labute approximate surface area is 95.1 Å². The average Bonchev–Trinajstić information content (AvgIpc) is 3.00. The van der Waals surface area contributed by atoms with Gasteiger partial charge in [0.05, 0.1) is 11.4 Å². The van der Waals surface area contributed by atoms with Gasteiger partial charge in [0.15, 0.2) is 0 Å². The van der Waals surface area contributed by atoms with Gasteiger partial charge in [-0.2, -0.15) is 4.68 Å². The molecule has 7 heteroatoms. The van der Waals surface area contributed by atoms with Crippen molar-refractivity contribution in [2.24, 2.45) is 0 Å². The number of rotatable bonds is 2. The molecule has 0 aliphatic carbocycles. The summed E-state index contributed by atoms with van der Waals surface area (Å²) < 4.78 is 1.54. The van der Waals surface area contributed by atoms with Crippen molar-refractivity contribution in [2.75, 3.05) is 0 Å². The zero-order valence-electron chi connectivity index (χ0n) is 8.66. The van der Waals surface area contributed by atoms with E-state index in [1.807, 2.05) is 24.3 Å². The van der Waals surface area contributed by atoms with Crippen LogP contribution in [0.5, 0.6) is 0 Å². The fourth-order valence-corrected chi connectivity index (χ4v) is 1.65. The number of imidazole rings is 1. The van der Waals surface area contributed by atoms with Crippen molar-refractivity contribution in [1.82, 2.24) is 30.2 Å². The van der Waals surface area contributed by atoms with Gasteiger partial charge in [0.1, 0.15) is 6.33 Å². The van der Waals surface area contributed by atoms with Crippen LogP contribution >= 0.6 is 0 Å². The molecule has 0 saturated carbocycles. The van der Waals surface area contributed by atoms with Crippen molar-refractivity contribution in [2.45, 2.75) is 0 Å². The smallest absolute Gasteiger partial charge is 0.312 e.